The van der Waals surface area contributed by atoms with Gasteiger partial charge in [-0.05, 0) is 30.3 Å². The second-order valence-corrected chi connectivity index (χ2v) is 6.06. The maximum absolute atomic E-state index is 12.1. The van der Waals surface area contributed by atoms with Crippen molar-refractivity contribution in [2.24, 2.45) is 7.05 Å². The third kappa shape index (κ3) is 2.55. The first-order chi connectivity index (χ1) is 9.63. The van der Waals surface area contributed by atoms with Crippen molar-refractivity contribution in [3.8, 4) is 0 Å². The molecule has 1 N–H and O–H groups in total. The summed E-state index contributed by atoms with van der Waals surface area (Å²) < 4.78 is 3.44. The standard InChI is InChI=1S/C14H12ClN3OS/c1-18-6-2-3-10(18)8-16-13(19)9-4-5-12-11(7-9)17-14(15)20-12/h2-7H,8H2,1H3,(H,16,19). The van der Waals surface area contributed by atoms with Crippen LogP contribution < -0.4 is 5.32 Å². The van der Waals surface area contributed by atoms with E-state index in [9.17, 15) is 4.79 Å². The van der Waals surface area contributed by atoms with E-state index < -0.39 is 0 Å². The summed E-state index contributed by atoms with van der Waals surface area (Å²) in [6, 6.07) is 9.35. The predicted octanol–water partition coefficient (Wildman–Crippen LogP) is 3.22. The van der Waals surface area contributed by atoms with Gasteiger partial charge in [0.2, 0.25) is 0 Å². The summed E-state index contributed by atoms with van der Waals surface area (Å²) in [6.07, 6.45) is 1.95. The van der Waals surface area contributed by atoms with E-state index in [0.717, 1.165) is 15.9 Å². The lowest BCUT2D eigenvalue weighted by Crippen LogP contribution is -2.23. The second-order valence-electron chi connectivity index (χ2n) is 4.44. The Balaban J connectivity index is 1.76. The summed E-state index contributed by atoms with van der Waals surface area (Å²) in [5.41, 5.74) is 2.40. The molecule has 0 aliphatic carbocycles. The van der Waals surface area contributed by atoms with Gasteiger partial charge >= 0.3 is 0 Å². The van der Waals surface area contributed by atoms with E-state index in [1.54, 1.807) is 12.1 Å². The first kappa shape index (κ1) is 13.1. The zero-order valence-corrected chi connectivity index (χ0v) is 12.3. The number of hydrogen-bond acceptors (Lipinski definition) is 3. The molecule has 2 aromatic heterocycles. The van der Waals surface area contributed by atoms with Crippen molar-refractivity contribution in [1.82, 2.24) is 14.9 Å². The summed E-state index contributed by atoms with van der Waals surface area (Å²) in [6.45, 7) is 0.498. The van der Waals surface area contributed by atoms with Gasteiger partial charge in [0.05, 0.1) is 16.8 Å². The smallest absolute Gasteiger partial charge is 0.251 e. The van der Waals surface area contributed by atoms with Crippen LogP contribution in [0.25, 0.3) is 10.2 Å². The van der Waals surface area contributed by atoms with Crippen LogP contribution in [0, 0.1) is 0 Å². The number of nitrogens with one attached hydrogen (secondary N) is 1. The Kier molecular flexibility index (Phi) is 3.46. The molecule has 0 saturated heterocycles. The molecule has 1 amide bonds. The zero-order chi connectivity index (χ0) is 14.1. The molecule has 20 heavy (non-hydrogen) atoms. The van der Waals surface area contributed by atoms with E-state index in [1.807, 2.05) is 36.0 Å². The Hall–Kier alpha value is -1.85. The zero-order valence-electron chi connectivity index (χ0n) is 10.8. The van der Waals surface area contributed by atoms with Gasteiger partial charge in [-0.15, -0.1) is 11.3 Å². The molecule has 102 valence electrons. The molecular formula is C14H12ClN3OS. The summed E-state index contributed by atoms with van der Waals surface area (Å²) in [4.78, 5) is 16.3. The van der Waals surface area contributed by atoms with Gasteiger partial charge in [-0.2, -0.15) is 0 Å². The van der Waals surface area contributed by atoms with Gasteiger partial charge in [-0.3, -0.25) is 4.79 Å². The molecule has 4 nitrogen and oxygen atoms in total. The molecule has 0 aliphatic heterocycles. The van der Waals surface area contributed by atoms with Gasteiger partial charge in [-0.25, -0.2) is 4.98 Å². The predicted molar refractivity (Wildman–Crippen MR) is 81.2 cm³/mol. The lowest BCUT2D eigenvalue weighted by atomic mass is 10.2. The van der Waals surface area contributed by atoms with E-state index in [0.29, 0.717) is 16.6 Å². The molecule has 6 heteroatoms. The Morgan fingerprint density at radius 3 is 3.05 bits per heavy atom. The van der Waals surface area contributed by atoms with Crippen molar-refractivity contribution in [2.75, 3.05) is 0 Å². The maximum atomic E-state index is 12.1. The lowest BCUT2D eigenvalue weighted by Gasteiger charge is -2.06. The lowest BCUT2D eigenvalue weighted by molar-refractivity contribution is 0.0950. The van der Waals surface area contributed by atoms with Crippen molar-refractivity contribution in [2.45, 2.75) is 6.54 Å². The van der Waals surface area contributed by atoms with Crippen LogP contribution >= 0.6 is 22.9 Å². The molecule has 3 aromatic rings. The normalized spacial score (nSPS) is 10.9. The van der Waals surface area contributed by atoms with Gasteiger partial charge in [0.1, 0.15) is 0 Å². The largest absolute Gasteiger partial charge is 0.353 e. The van der Waals surface area contributed by atoms with E-state index in [1.165, 1.54) is 11.3 Å². The molecule has 0 atom stereocenters. The summed E-state index contributed by atoms with van der Waals surface area (Å²) in [5.74, 6) is -0.114. The number of amides is 1. The second kappa shape index (κ2) is 5.26. The van der Waals surface area contributed by atoms with Crippen LogP contribution in [0.2, 0.25) is 4.47 Å². The molecule has 1 aromatic carbocycles. The minimum absolute atomic E-state index is 0.114. The maximum Gasteiger partial charge on any atom is 0.251 e. The highest BCUT2D eigenvalue weighted by atomic mass is 35.5. The van der Waals surface area contributed by atoms with E-state index in [-0.39, 0.29) is 5.91 Å². The molecule has 0 fully saturated rings. The number of halogens is 1. The van der Waals surface area contributed by atoms with Crippen molar-refractivity contribution in [3.05, 3.63) is 52.3 Å². The number of rotatable bonds is 3. The fourth-order valence-electron chi connectivity index (χ4n) is 1.99. The quantitative estimate of drug-likeness (QED) is 0.807. The molecule has 0 spiro atoms. The highest BCUT2D eigenvalue weighted by Gasteiger charge is 2.09. The van der Waals surface area contributed by atoms with Gasteiger partial charge in [0.15, 0.2) is 4.47 Å². The van der Waals surface area contributed by atoms with Crippen LogP contribution in [0.3, 0.4) is 0 Å². The van der Waals surface area contributed by atoms with Gasteiger partial charge in [0, 0.05) is 24.5 Å². The topological polar surface area (TPSA) is 46.9 Å². The number of carbonyl (C=O) groups excluding carboxylic acids is 1. The molecule has 0 unspecified atom stereocenters. The van der Waals surface area contributed by atoms with Crippen molar-refractivity contribution in [3.63, 3.8) is 0 Å². The first-order valence-electron chi connectivity index (χ1n) is 6.08. The SMILES string of the molecule is Cn1cccc1CNC(=O)c1ccc2sc(Cl)nc2c1. The van der Waals surface area contributed by atoms with Crippen LogP contribution in [0.15, 0.2) is 36.5 Å². The third-order valence-corrected chi connectivity index (χ3v) is 4.25. The van der Waals surface area contributed by atoms with Crippen LogP contribution in [0.4, 0.5) is 0 Å². The van der Waals surface area contributed by atoms with Crippen LogP contribution in [-0.4, -0.2) is 15.5 Å². The molecule has 0 aliphatic rings. The third-order valence-electron chi connectivity index (χ3n) is 3.11. The number of nitrogens with zero attached hydrogens (tertiary/aromatic N) is 2. The Morgan fingerprint density at radius 1 is 1.45 bits per heavy atom. The highest BCUT2D eigenvalue weighted by molar-refractivity contribution is 7.22. The van der Waals surface area contributed by atoms with E-state index >= 15 is 0 Å². The minimum atomic E-state index is -0.114. The van der Waals surface area contributed by atoms with Crippen LogP contribution in [0.1, 0.15) is 16.1 Å². The Labute approximate surface area is 125 Å². The van der Waals surface area contributed by atoms with Crippen molar-refractivity contribution >= 4 is 39.1 Å². The fraction of sp³-hybridized carbons (Fsp3) is 0.143. The van der Waals surface area contributed by atoms with Gasteiger partial charge < -0.3 is 9.88 Å². The average molecular weight is 306 g/mol. The van der Waals surface area contributed by atoms with Gasteiger partial charge in [-0.1, -0.05) is 11.6 Å². The number of hydrogen-bond donors (Lipinski definition) is 1. The van der Waals surface area contributed by atoms with Crippen LogP contribution in [0.5, 0.6) is 0 Å². The van der Waals surface area contributed by atoms with Gasteiger partial charge in [0.25, 0.3) is 5.91 Å². The Morgan fingerprint density at radius 2 is 2.30 bits per heavy atom. The number of aryl methyl sites for hydroxylation is 1. The molecular weight excluding hydrogens is 294 g/mol. The number of thiazole rings is 1. The highest BCUT2D eigenvalue weighted by Crippen LogP contribution is 2.26. The molecule has 0 saturated carbocycles. The van der Waals surface area contributed by atoms with Crippen molar-refractivity contribution in [1.29, 1.82) is 0 Å². The number of benzene rings is 1. The summed E-state index contributed by atoms with van der Waals surface area (Å²) in [5, 5.41) is 2.90. The molecule has 3 rings (SSSR count). The molecule has 0 bridgehead atoms. The minimum Gasteiger partial charge on any atom is -0.353 e. The number of fused-ring (bicyclic) bond motifs is 1. The Bertz CT molecular complexity index is 778. The first-order valence-corrected chi connectivity index (χ1v) is 7.27. The fourth-order valence-corrected chi connectivity index (χ4v) is 3.00. The van der Waals surface area contributed by atoms with Crippen molar-refractivity contribution < 1.29 is 4.79 Å². The van der Waals surface area contributed by atoms with E-state index in [2.05, 4.69) is 10.3 Å². The molecule has 2 heterocycles. The van der Waals surface area contributed by atoms with E-state index in [4.69, 9.17) is 11.6 Å². The average Bonchev–Trinajstić information content (AvgIpc) is 2.99. The van der Waals surface area contributed by atoms with Crippen LogP contribution in [-0.2, 0) is 13.6 Å². The molecule has 0 radical (unpaired) electrons. The summed E-state index contributed by atoms with van der Waals surface area (Å²) in [7, 11) is 1.95. The monoisotopic (exact) mass is 305 g/mol. The number of aromatic nitrogens is 2. The summed E-state index contributed by atoms with van der Waals surface area (Å²) >= 11 is 7.27. The number of carbonyl (C=O) groups is 1.